The fourth-order valence-electron chi connectivity index (χ4n) is 2.20. The Hall–Kier alpha value is -1.88. The van der Waals surface area contributed by atoms with Crippen molar-refractivity contribution in [3.05, 3.63) is 52.0 Å². The highest BCUT2D eigenvalue weighted by Crippen LogP contribution is 2.31. The standard InChI is InChI=1S/C15H15FN2OS/c16-11-1-4-14(17)13(7-11)15(19)18(12-2-3-12)8-10-5-6-20-9-10/h1,4-7,9,12H,2-3,8,17H2. The lowest BCUT2D eigenvalue weighted by Crippen LogP contribution is -2.33. The van der Waals surface area contributed by atoms with Crippen LogP contribution in [0.4, 0.5) is 10.1 Å². The van der Waals surface area contributed by atoms with Gasteiger partial charge in [-0.2, -0.15) is 11.3 Å². The number of carbonyl (C=O) groups is 1. The molecule has 1 aromatic carbocycles. The van der Waals surface area contributed by atoms with E-state index in [0.717, 1.165) is 18.4 Å². The smallest absolute Gasteiger partial charge is 0.256 e. The van der Waals surface area contributed by atoms with Crippen LogP contribution in [0.25, 0.3) is 0 Å². The maximum atomic E-state index is 13.3. The molecule has 1 aliphatic carbocycles. The third-order valence-electron chi connectivity index (χ3n) is 3.43. The van der Waals surface area contributed by atoms with Gasteiger partial charge in [0.2, 0.25) is 0 Å². The monoisotopic (exact) mass is 290 g/mol. The van der Waals surface area contributed by atoms with Crippen molar-refractivity contribution in [3.8, 4) is 0 Å². The Labute approximate surface area is 120 Å². The maximum absolute atomic E-state index is 13.3. The summed E-state index contributed by atoms with van der Waals surface area (Å²) < 4.78 is 13.3. The third-order valence-corrected chi connectivity index (χ3v) is 4.16. The van der Waals surface area contributed by atoms with E-state index in [4.69, 9.17) is 5.73 Å². The number of nitrogens with two attached hydrogens (primary N) is 1. The second-order valence-electron chi connectivity index (χ2n) is 5.03. The lowest BCUT2D eigenvalue weighted by atomic mass is 10.1. The maximum Gasteiger partial charge on any atom is 0.256 e. The molecule has 20 heavy (non-hydrogen) atoms. The molecule has 104 valence electrons. The number of benzene rings is 1. The minimum atomic E-state index is -0.436. The van der Waals surface area contributed by atoms with Gasteiger partial charge in [0, 0.05) is 18.3 Å². The van der Waals surface area contributed by atoms with E-state index in [1.54, 1.807) is 16.2 Å². The highest BCUT2D eigenvalue weighted by atomic mass is 32.1. The van der Waals surface area contributed by atoms with Gasteiger partial charge in [0.05, 0.1) is 5.56 Å². The van der Waals surface area contributed by atoms with Gasteiger partial charge in [-0.1, -0.05) is 0 Å². The third kappa shape index (κ3) is 2.67. The molecule has 1 aromatic heterocycles. The topological polar surface area (TPSA) is 46.3 Å². The first-order valence-electron chi connectivity index (χ1n) is 6.52. The van der Waals surface area contributed by atoms with E-state index in [-0.39, 0.29) is 17.5 Å². The molecule has 0 spiro atoms. The number of rotatable bonds is 4. The first kappa shape index (κ1) is 13.1. The van der Waals surface area contributed by atoms with Crippen LogP contribution in [0, 0.1) is 5.82 Å². The Balaban J connectivity index is 1.87. The van der Waals surface area contributed by atoms with Crippen molar-refractivity contribution in [2.24, 2.45) is 0 Å². The highest BCUT2D eigenvalue weighted by Gasteiger charge is 2.33. The van der Waals surface area contributed by atoms with E-state index in [0.29, 0.717) is 12.2 Å². The Bertz CT molecular complexity index is 623. The molecule has 0 radical (unpaired) electrons. The summed E-state index contributed by atoms with van der Waals surface area (Å²) in [7, 11) is 0. The summed E-state index contributed by atoms with van der Waals surface area (Å²) in [5, 5.41) is 4.01. The van der Waals surface area contributed by atoms with Crippen molar-refractivity contribution in [2.45, 2.75) is 25.4 Å². The predicted molar refractivity (Wildman–Crippen MR) is 78.0 cm³/mol. The normalized spacial score (nSPS) is 14.2. The van der Waals surface area contributed by atoms with Crippen molar-refractivity contribution < 1.29 is 9.18 Å². The van der Waals surface area contributed by atoms with Gasteiger partial charge in [-0.3, -0.25) is 4.79 Å². The molecule has 3 nitrogen and oxygen atoms in total. The van der Waals surface area contributed by atoms with Crippen molar-refractivity contribution in [2.75, 3.05) is 5.73 Å². The number of anilines is 1. The Morgan fingerprint density at radius 2 is 2.20 bits per heavy atom. The molecule has 5 heteroatoms. The van der Waals surface area contributed by atoms with E-state index < -0.39 is 5.82 Å². The quantitative estimate of drug-likeness (QED) is 0.878. The van der Waals surface area contributed by atoms with Crippen molar-refractivity contribution in [3.63, 3.8) is 0 Å². The van der Waals surface area contributed by atoms with Gasteiger partial charge in [-0.25, -0.2) is 4.39 Å². The molecule has 2 N–H and O–H groups in total. The van der Waals surface area contributed by atoms with Gasteiger partial charge in [0.25, 0.3) is 5.91 Å². The van der Waals surface area contributed by atoms with E-state index in [2.05, 4.69) is 0 Å². The number of halogens is 1. The minimum absolute atomic E-state index is 0.185. The summed E-state index contributed by atoms with van der Waals surface area (Å²) in [5.41, 5.74) is 7.49. The molecular weight excluding hydrogens is 275 g/mol. The van der Waals surface area contributed by atoms with Gasteiger partial charge in [-0.05, 0) is 53.4 Å². The van der Waals surface area contributed by atoms with E-state index in [1.165, 1.54) is 18.2 Å². The molecule has 1 heterocycles. The number of thiophene rings is 1. The van der Waals surface area contributed by atoms with Gasteiger partial charge in [-0.15, -0.1) is 0 Å². The summed E-state index contributed by atoms with van der Waals surface area (Å²) in [5.74, 6) is -0.621. The van der Waals surface area contributed by atoms with Crippen molar-refractivity contribution in [1.82, 2.24) is 4.90 Å². The van der Waals surface area contributed by atoms with E-state index >= 15 is 0 Å². The van der Waals surface area contributed by atoms with Crippen LogP contribution in [0.1, 0.15) is 28.8 Å². The Morgan fingerprint density at radius 3 is 2.85 bits per heavy atom. The fourth-order valence-corrected chi connectivity index (χ4v) is 2.86. The first-order valence-corrected chi connectivity index (χ1v) is 7.46. The molecule has 1 aliphatic rings. The van der Waals surface area contributed by atoms with Crippen molar-refractivity contribution in [1.29, 1.82) is 0 Å². The Kier molecular flexibility index (Phi) is 3.44. The van der Waals surface area contributed by atoms with Gasteiger partial charge in [0.15, 0.2) is 0 Å². The predicted octanol–water partition coefficient (Wildman–Crippen LogP) is 3.27. The number of hydrogen-bond donors (Lipinski definition) is 1. The molecular formula is C15H15FN2OS. The number of hydrogen-bond acceptors (Lipinski definition) is 3. The van der Waals surface area contributed by atoms with Crippen LogP contribution in [0.15, 0.2) is 35.0 Å². The molecule has 0 atom stereocenters. The number of carbonyl (C=O) groups excluding carboxylic acids is 1. The van der Waals surface area contributed by atoms with E-state index in [1.807, 2.05) is 16.8 Å². The van der Waals surface area contributed by atoms with Crippen molar-refractivity contribution >= 4 is 22.9 Å². The fraction of sp³-hybridized carbons (Fsp3) is 0.267. The van der Waals surface area contributed by atoms with E-state index in [9.17, 15) is 9.18 Å². The molecule has 0 saturated heterocycles. The zero-order valence-electron chi connectivity index (χ0n) is 10.9. The molecule has 1 saturated carbocycles. The molecule has 0 aliphatic heterocycles. The second-order valence-corrected chi connectivity index (χ2v) is 5.81. The van der Waals surface area contributed by atoms with Crippen LogP contribution in [-0.2, 0) is 6.54 Å². The van der Waals surface area contributed by atoms with Crippen LogP contribution in [0.3, 0.4) is 0 Å². The SMILES string of the molecule is Nc1ccc(F)cc1C(=O)N(Cc1ccsc1)C1CC1. The summed E-state index contributed by atoms with van der Waals surface area (Å²) in [6.07, 6.45) is 2.01. The lowest BCUT2D eigenvalue weighted by Gasteiger charge is -2.22. The second kappa shape index (κ2) is 5.25. The lowest BCUT2D eigenvalue weighted by molar-refractivity contribution is 0.0730. The number of nitrogen functional groups attached to an aromatic ring is 1. The van der Waals surface area contributed by atoms with Crippen LogP contribution >= 0.6 is 11.3 Å². The highest BCUT2D eigenvalue weighted by molar-refractivity contribution is 7.07. The average molecular weight is 290 g/mol. The van der Waals surface area contributed by atoms with Crippen LogP contribution in [0.2, 0.25) is 0 Å². The molecule has 1 fully saturated rings. The molecule has 1 amide bonds. The molecule has 3 rings (SSSR count). The van der Waals surface area contributed by atoms with Gasteiger partial charge < -0.3 is 10.6 Å². The summed E-state index contributed by atoms with van der Waals surface area (Å²) in [4.78, 5) is 14.4. The zero-order valence-corrected chi connectivity index (χ0v) is 11.7. The summed E-state index contributed by atoms with van der Waals surface area (Å²) >= 11 is 1.60. The first-order chi connectivity index (χ1) is 9.65. The number of amides is 1. The summed E-state index contributed by atoms with van der Waals surface area (Å²) in [6, 6.07) is 6.19. The average Bonchev–Trinajstić information content (AvgIpc) is 3.15. The molecule has 0 unspecified atom stereocenters. The van der Waals surface area contributed by atoms with Crippen LogP contribution < -0.4 is 5.73 Å². The Morgan fingerprint density at radius 1 is 1.40 bits per heavy atom. The largest absolute Gasteiger partial charge is 0.398 e. The molecule has 2 aromatic rings. The minimum Gasteiger partial charge on any atom is -0.398 e. The molecule has 0 bridgehead atoms. The van der Waals surface area contributed by atoms with Gasteiger partial charge >= 0.3 is 0 Å². The zero-order chi connectivity index (χ0) is 14.1. The van der Waals surface area contributed by atoms with Crippen LogP contribution in [0.5, 0.6) is 0 Å². The van der Waals surface area contributed by atoms with Gasteiger partial charge in [0.1, 0.15) is 5.82 Å². The number of nitrogens with zero attached hydrogens (tertiary/aromatic N) is 1. The van der Waals surface area contributed by atoms with Crippen LogP contribution in [-0.4, -0.2) is 16.8 Å². The summed E-state index contributed by atoms with van der Waals surface area (Å²) in [6.45, 7) is 0.558.